The first kappa shape index (κ1) is 26.8. The number of rotatable bonds is 6. The highest BCUT2D eigenvalue weighted by atomic mass is 19.4. The van der Waals surface area contributed by atoms with Gasteiger partial charge in [-0.15, -0.1) is 0 Å². The van der Waals surface area contributed by atoms with E-state index in [2.05, 4.69) is 9.84 Å². The number of ether oxygens (including phenoxy) is 3. The van der Waals surface area contributed by atoms with Crippen LogP contribution in [0.25, 0.3) is 5.69 Å². The Morgan fingerprint density at radius 1 is 1.00 bits per heavy atom. The fourth-order valence-electron chi connectivity index (χ4n) is 4.20. The molecule has 0 saturated carbocycles. The second kappa shape index (κ2) is 10.4. The maximum atomic E-state index is 13.7. The lowest BCUT2D eigenvalue weighted by Gasteiger charge is -2.19. The van der Waals surface area contributed by atoms with Gasteiger partial charge in [-0.3, -0.25) is 4.79 Å². The summed E-state index contributed by atoms with van der Waals surface area (Å²) >= 11 is 0. The number of anilines is 1. The monoisotopic (exact) mass is 553 g/mol. The van der Waals surface area contributed by atoms with Gasteiger partial charge in [0, 0.05) is 24.4 Å². The Morgan fingerprint density at radius 3 is 2.42 bits per heavy atom. The fraction of sp³-hybridized carbons (Fsp3) is 0.179. The highest BCUT2D eigenvalue weighted by molar-refractivity contribution is 6.06. The van der Waals surface area contributed by atoms with Crippen molar-refractivity contribution in [2.45, 2.75) is 12.3 Å². The molecule has 1 aromatic heterocycles. The molecule has 5 rings (SSSR count). The SMILES string of the molecule is COC(=O)c1ccc(C(O)c2cc(C(F)(F)F)nn2-c2cccc(C(=O)N(C)c3ccc4c(c3)OCO4)c2)cc1. The predicted octanol–water partition coefficient (Wildman–Crippen LogP) is 4.76. The summed E-state index contributed by atoms with van der Waals surface area (Å²) in [6, 6.07) is 17.2. The molecule has 0 aliphatic carbocycles. The molecule has 3 aromatic carbocycles. The van der Waals surface area contributed by atoms with Crippen LogP contribution in [0.5, 0.6) is 11.5 Å². The van der Waals surface area contributed by atoms with Gasteiger partial charge < -0.3 is 24.2 Å². The summed E-state index contributed by atoms with van der Waals surface area (Å²) in [4.78, 5) is 26.4. The molecule has 9 nitrogen and oxygen atoms in total. The summed E-state index contributed by atoms with van der Waals surface area (Å²) < 4.78 is 57.2. The maximum absolute atomic E-state index is 13.7. The number of hydrogen-bond donors (Lipinski definition) is 1. The number of esters is 1. The Labute approximate surface area is 225 Å². The van der Waals surface area contributed by atoms with Crippen LogP contribution in [0, 0.1) is 0 Å². The molecule has 0 fully saturated rings. The first-order valence-corrected chi connectivity index (χ1v) is 11.9. The number of halogens is 3. The molecule has 0 spiro atoms. The van der Waals surface area contributed by atoms with E-state index >= 15 is 0 Å². The van der Waals surface area contributed by atoms with E-state index in [1.807, 2.05) is 0 Å². The predicted molar refractivity (Wildman–Crippen MR) is 136 cm³/mol. The molecular weight excluding hydrogens is 531 g/mol. The van der Waals surface area contributed by atoms with Gasteiger partial charge in [0.05, 0.1) is 24.1 Å². The lowest BCUT2D eigenvalue weighted by molar-refractivity contribution is -0.141. The van der Waals surface area contributed by atoms with E-state index in [1.165, 1.54) is 60.5 Å². The molecular formula is C28H22F3N3O6. The van der Waals surface area contributed by atoms with E-state index in [0.717, 1.165) is 10.7 Å². The number of methoxy groups -OCH3 is 1. The molecule has 1 aliphatic rings. The molecule has 12 heteroatoms. The van der Waals surface area contributed by atoms with Crippen molar-refractivity contribution in [2.24, 2.45) is 0 Å². The van der Waals surface area contributed by atoms with Gasteiger partial charge in [-0.25, -0.2) is 9.48 Å². The highest BCUT2D eigenvalue weighted by Gasteiger charge is 2.36. The van der Waals surface area contributed by atoms with Crippen molar-refractivity contribution in [1.29, 1.82) is 0 Å². The minimum absolute atomic E-state index is 0.0753. The van der Waals surface area contributed by atoms with Crippen LogP contribution in [0.15, 0.2) is 72.8 Å². The van der Waals surface area contributed by atoms with Crippen LogP contribution in [-0.4, -0.2) is 47.7 Å². The average Bonchev–Trinajstić information content (AvgIpc) is 3.63. The molecule has 40 heavy (non-hydrogen) atoms. The highest BCUT2D eigenvalue weighted by Crippen LogP contribution is 2.36. The van der Waals surface area contributed by atoms with Crippen LogP contribution >= 0.6 is 0 Å². The number of benzene rings is 3. The van der Waals surface area contributed by atoms with Gasteiger partial charge in [-0.1, -0.05) is 18.2 Å². The van der Waals surface area contributed by atoms with Gasteiger partial charge in [-0.2, -0.15) is 18.3 Å². The molecule has 2 heterocycles. The lowest BCUT2D eigenvalue weighted by Crippen LogP contribution is -2.26. The molecule has 1 aliphatic heterocycles. The van der Waals surface area contributed by atoms with Gasteiger partial charge >= 0.3 is 12.1 Å². The molecule has 1 amide bonds. The molecule has 0 saturated heterocycles. The van der Waals surface area contributed by atoms with E-state index in [-0.39, 0.29) is 34.9 Å². The van der Waals surface area contributed by atoms with E-state index < -0.39 is 29.9 Å². The zero-order valence-electron chi connectivity index (χ0n) is 21.2. The number of alkyl halides is 3. The third-order valence-electron chi connectivity index (χ3n) is 6.34. The van der Waals surface area contributed by atoms with Gasteiger partial charge in [0.25, 0.3) is 5.91 Å². The van der Waals surface area contributed by atoms with Crippen LogP contribution in [0.3, 0.4) is 0 Å². The van der Waals surface area contributed by atoms with Crippen molar-refractivity contribution >= 4 is 17.6 Å². The Bertz CT molecular complexity index is 1580. The largest absolute Gasteiger partial charge is 0.465 e. The lowest BCUT2D eigenvalue weighted by atomic mass is 10.0. The van der Waals surface area contributed by atoms with Gasteiger partial charge in [0.2, 0.25) is 6.79 Å². The number of aliphatic hydroxyl groups excluding tert-OH is 1. The van der Waals surface area contributed by atoms with Crippen molar-refractivity contribution in [3.63, 3.8) is 0 Å². The van der Waals surface area contributed by atoms with Crippen molar-refractivity contribution < 1.29 is 42.1 Å². The minimum atomic E-state index is -4.79. The number of fused-ring (bicyclic) bond motifs is 1. The fourth-order valence-corrected chi connectivity index (χ4v) is 4.20. The molecule has 4 aromatic rings. The summed E-state index contributed by atoms with van der Waals surface area (Å²) in [6.07, 6.45) is -6.33. The minimum Gasteiger partial charge on any atom is -0.465 e. The molecule has 1 unspecified atom stereocenters. The van der Waals surface area contributed by atoms with Gasteiger partial charge in [0.1, 0.15) is 6.10 Å². The quantitative estimate of drug-likeness (QED) is 0.344. The third kappa shape index (κ3) is 5.08. The Balaban J connectivity index is 1.49. The van der Waals surface area contributed by atoms with E-state index in [0.29, 0.717) is 17.2 Å². The summed E-state index contributed by atoms with van der Waals surface area (Å²) in [6.45, 7) is 0.0753. The number of hydrogen-bond acceptors (Lipinski definition) is 7. The smallest absolute Gasteiger partial charge is 0.435 e. The number of nitrogens with zero attached hydrogens (tertiary/aromatic N) is 3. The van der Waals surface area contributed by atoms with Gasteiger partial charge in [-0.05, 0) is 54.1 Å². The number of carbonyl (C=O) groups is 2. The summed E-state index contributed by atoms with van der Waals surface area (Å²) in [5.74, 6) is -0.000748. The Kier molecular flexibility index (Phi) is 6.94. The van der Waals surface area contributed by atoms with Crippen molar-refractivity contribution in [1.82, 2.24) is 9.78 Å². The number of amides is 1. The Hall–Kier alpha value is -4.84. The first-order chi connectivity index (χ1) is 19.1. The standard InChI is InChI=1S/C28H22F3N3O6/c1-33(19-10-11-22-23(13-19)40-15-39-22)26(36)18-4-3-5-20(12-18)34-21(14-24(32-34)28(29,30)31)25(35)16-6-8-17(9-7-16)27(37)38-2/h3-14,25,35H,15H2,1-2H3. The van der Waals surface area contributed by atoms with Crippen LogP contribution in [-0.2, 0) is 10.9 Å². The van der Waals surface area contributed by atoms with E-state index in [9.17, 15) is 27.9 Å². The molecule has 1 atom stereocenters. The van der Waals surface area contributed by atoms with Crippen molar-refractivity contribution in [3.8, 4) is 17.2 Å². The summed E-state index contributed by atoms with van der Waals surface area (Å²) in [7, 11) is 2.77. The second-order valence-electron chi connectivity index (χ2n) is 8.83. The summed E-state index contributed by atoms with van der Waals surface area (Å²) in [5, 5.41) is 14.8. The van der Waals surface area contributed by atoms with Gasteiger partial charge in [0.15, 0.2) is 17.2 Å². The topological polar surface area (TPSA) is 103 Å². The molecule has 1 N–H and O–H groups in total. The van der Waals surface area contributed by atoms with Crippen molar-refractivity contribution in [3.05, 3.63) is 101 Å². The van der Waals surface area contributed by atoms with Crippen LogP contribution in [0.4, 0.5) is 18.9 Å². The average molecular weight is 553 g/mol. The van der Waals surface area contributed by atoms with E-state index in [4.69, 9.17) is 9.47 Å². The first-order valence-electron chi connectivity index (χ1n) is 11.9. The number of aromatic nitrogens is 2. The van der Waals surface area contributed by atoms with E-state index in [1.54, 1.807) is 25.2 Å². The third-order valence-corrected chi connectivity index (χ3v) is 6.34. The Morgan fingerprint density at radius 2 is 1.73 bits per heavy atom. The molecule has 0 bridgehead atoms. The number of aliphatic hydroxyl groups is 1. The molecule has 0 radical (unpaired) electrons. The summed E-state index contributed by atoms with van der Waals surface area (Å²) in [5.41, 5.74) is -0.165. The zero-order valence-corrected chi connectivity index (χ0v) is 21.2. The molecule has 206 valence electrons. The van der Waals surface area contributed by atoms with Crippen LogP contribution < -0.4 is 14.4 Å². The number of carbonyl (C=O) groups excluding carboxylic acids is 2. The zero-order chi connectivity index (χ0) is 28.6. The second-order valence-corrected chi connectivity index (χ2v) is 8.83. The maximum Gasteiger partial charge on any atom is 0.435 e. The normalized spacial score (nSPS) is 13.2. The van der Waals surface area contributed by atoms with Crippen molar-refractivity contribution in [2.75, 3.05) is 25.9 Å². The van der Waals surface area contributed by atoms with Crippen LogP contribution in [0.2, 0.25) is 0 Å². The van der Waals surface area contributed by atoms with Crippen LogP contribution in [0.1, 0.15) is 43.8 Å².